The molecule has 3 rings (SSSR count). The zero-order chi connectivity index (χ0) is 18.5. The van der Waals surface area contributed by atoms with Crippen LogP contribution >= 0.6 is 0 Å². The van der Waals surface area contributed by atoms with Crippen LogP contribution in [0.2, 0.25) is 5.04 Å². The molecule has 1 fully saturated rings. The molecule has 1 aliphatic heterocycles. The molecule has 0 saturated carbocycles. The van der Waals surface area contributed by atoms with Crippen molar-refractivity contribution >= 4 is 18.7 Å². The topological polar surface area (TPSA) is 30.5 Å². The van der Waals surface area contributed by atoms with Gasteiger partial charge >= 0.3 is 0 Å². The minimum atomic E-state index is -2.43. The van der Waals surface area contributed by atoms with Gasteiger partial charge in [0.1, 0.15) is 0 Å². The van der Waals surface area contributed by atoms with Crippen LogP contribution in [0, 0.1) is 5.92 Å². The lowest BCUT2D eigenvalue weighted by atomic mass is 10.2. The lowest BCUT2D eigenvalue weighted by molar-refractivity contribution is 0.0992. The van der Waals surface area contributed by atoms with Crippen LogP contribution in [0.4, 0.5) is 0 Å². The summed E-state index contributed by atoms with van der Waals surface area (Å²) in [6.45, 7) is 11.1. The molecule has 0 spiro atoms. The zero-order valence-corrected chi connectivity index (χ0v) is 17.2. The average molecular weight is 370 g/mol. The molecule has 0 aliphatic carbocycles. The Morgan fingerprint density at radius 2 is 1.58 bits per heavy atom. The van der Waals surface area contributed by atoms with Crippen LogP contribution in [0.5, 0.6) is 0 Å². The maximum absolute atomic E-state index is 6.98. The molecule has 140 valence electrons. The van der Waals surface area contributed by atoms with E-state index >= 15 is 0 Å². The standard InChI is InChI=1S/C22H31NO2Si/c1-22(2,3)26(20-10-6-4-7-11-20,21-12-8-5-9-13-21)25-18-19-16-23-14-15-24-17-19/h4-13,19,23H,14-18H2,1-3H3. The fourth-order valence-corrected chi connectivity index (χ4v) is 8.51. The maximum Gasteiger partial charge on any atom is 0.261 e. The van der Waals surface area contributed by atoms with Crippen molar-refractivity contribution in [2.24, 2.45) is 5.92 Å². The second-order valence-electron chi connectivity index (χ2n) is 8.12. The van der Waals surface area contributed by atoms with Crippen molar-refractivity contribution in [1.82, 2.24) is 5.32 Å². The molecule has 1 unspecified atom stereocenters. The molecule has 1 aliphatic rings. The van der Waals surface area contributed by atoms with Crippen molar-refractivity contribution in [2.45, 2.75) is 25.8 Å². The largest absolute Gasteiger partial charge is 0.407 e. The molecule has 0 radical (unpaired) electrons. The van der Waals surface area contributed by atoms with Crippen molar-refractivity contribution in [1.29, 1.82) is 0 Å². The van der Waals surface area contributed by atoms with Crippen LogP contribution < -0.4 is 15.7 Å². The fraction of sp³-hybridized carbons (Fsp3) is 0.455. The van der Waals surface area contributed by atoms with Crippen molar-refractivity contribution < 1.29 is 9.16 Å². The highest BCUT2D eigenvalue weighted by Crippen LogP contribution is 2.37. The molecule has 2 aromatic carbocycles. The van der Waals surface area contributed by atoms with Crippen LogP contribution in [-0.4, -0.2) is 41.2 Å². The van der Waals surface area contributed by atoms with Gasteiger partial charge in [0, 0.05) is 25.6 Å². The lowest BCUT2D eigenvalue weighted by Crippen LogP contribution is -2.67. The predicted molar refractivity (Wildman–Crippen MR) is 111 cm³/mol. The van der Waals surface area contributed by atoms with Crippen molar-refractivity contribution in [2.75, 3.05) is 32.9 Å². The van der Waals surface area contributed by atoms with Gasteiger partial charge in [-0.15, -0.1) is 0 Å². The number of benzene rings is 2. The average Bonchev–Trinajstić information content (AvgIpc) is 2.92. The van der Waals surface area contributed by atoms with E-state index in [0.29, 0.717) is 5.92 Å². The van der Waals surface area contributed by atoms with Gasteiger partial charge in [0.2, 0.25) is 0 Å². The molecule has 1 saturated heterocycles. The molecule has 0 bridgehead atoms. The number of hydrogen-bond acceptors (Lipinski definition) is 3. The normalized spacial score (nSPS) is 19.1. The van der Waals surface area contributed by atoms with Gasteiger partial charge in [-0.05, 0) is 15.4 Å². The smallest absolute Gasteiger partial charge is 0.261 e. The Bertz CT molecular complexity index is 622. The minimum absolute atomic E-state index is 0.0225. The van der Waals surface area contributed by atoms with E-state index in [1.807, 2.05) is 0 Å². The second kappa shape index (κ2) is 8.48. The summed E-state index contributed by atoms with van der Waals surface area (Å²) in [5.74, 6) is 0.388. The number of hydrogen-bond donors (Lipinski definition) is 1. The first-order valence-electron chi connectivity index (χ1n) is 9.57. The van der Waals surface area contributed by atoms with Gasteiger partial charge in [0.25, 0.3) is 8.32 Å². The zero-order valence-electron chi connectivity index (χ0n) is 16.2. The lowest BCUT2D eigenvalue weighted by Gasteiger charge is -2.43. The predicted octanol–water partition coefficient (Wildman–Crippen LogP) is 2.80. The number of ether oxygens (including phenoxy) is 1. The molecule has 3 nitrogen and oxygen atoms in total. The molecular weight excluding hydrogens is 338 g/mol. The summed E-state index contributed by atoms with van der Waals surface area (Å²) in [4.78, 5) is 0. The Kier molecular flexibility index (Phi) is 6.30. The van der Waals surface area contributed by atoms with Crippen molar-refractivity contribution in [3.05, 3.63) is 60.7 Å². The summed E-state index contributed by atoms with van der Waals surface area (Å²) < 4.78 is 12.7. The summed E-state index contributed by atoms with van der Waals surface area (Å²) in [5, 5.41) is 6.15. The monoisotopic (exact) mass is 369 g/mol. The minimum Gasteiger partial charge on any atom is -0.407 e. The molecule has 1 heterocycles. The van der Waals surface area contributed by atoms with Crippen molar-refractivity contribution in [3.8, 4) is 0 Å². The van der Waals surface area contributed by atoms with Gasteiger partial charge < -0.3 is 14.5 Å². The Balaban J connectivity index is 1.99. The molecular formula is C22H31NO2Si. The van der Waals surface area contributed by atoms with Gasteiger partial charge in [0.05, 0.1) is 13.2 Å². The van der Waals surface area contributed by atoms with Crippen LogP contribution in [0.25, 0.3) is 0 Å². The summed E-state index contributed by atoms with van der Waals surface area (Å²) in [6.07, 6.45) is 0. The molecule has 0 amide bonds. The highest BCUT2D eigenvalue weighted by atomic mass is 28.4. The third kappa shape index (κ3) is 4.09. The van der Waals surface area contributed by atoms with E-state index in [-0.39, 0.29) is 5.04 Å². The molecule has 26 heavy (non-hydrogen) atoms. The first kappa shape index (κ1) is 19.3. The summed E-state index contributed by atoms with van der Waals surface area (Å²) in [6, 6.07) is 21.7. The van der Waals surface area contributed by atoms with Crippen LogP contribution in [-0.2, 0) is 9.16 Å². The second-order valence-corrected chi connectivity index (χ2v) is 12.4. The Morgan fingerprint density at radius 1 is 1.00 bits per heavy atom. The van der Waals surface area contributed by atoms with Gasteiger partial charge in [-0.2, -0.15) is 0 Å². The third-order valence-electron chi connectivity index (χ3n) is 5.16. The van der Waals surface area contributed by atoms with E-state index in [4.69, 9.17) is 9.16 Å². The fourth-order valence-electron chi connectivity index (χ4n) is 3.87. The molecule has 1 atom stereocenters. The third-order valence-corrected chi connectivity index (χ3v) is 10.2. The summed E-state index contributed by atoms with van der Waals surface area (Å²) in [5.41, 5.74) is 0. The van der Waals surface area contributed by atoms with Crippen LogP contribution in [0.1, 0.15) is 20.8 Å². The van der Waals surface area contributed by atoms with E-state index in [1.54, 1.807) is 0 Å². The highest BCUT2D eigenvalue weighted by molar-refractivity contribution is 6.99. The van der Waals surface area contributed by atoms with E-state index in [1.165, 1.54) is 10.4 Å². The van der Waals surface area contributed by atoms with Crippen molar-refractivity contribution in [3.63, 3.8) is 0 Å². The summed E-state index contributed by atoms with van der Waals surface area (Å²) in [7, 11) is -2.43. The van der Waals surface area contributed by atoms with Crippen LogP contribution in [0.15, 0.2) is 60.7 Å². The van der Waals surface area contributed by atoms with Crippen LogP contribution in [0.3, 0.4) is 0 Å². The molecule has 0 aromatic heterocycles. The Hall–Kier alpha value is -1.46. The SMILES string of the molecule is CC(C)(C)[Si](OCC1CNCCOC1)(c1ccccc1)c1ccccc1. The first-order chi connectivity index (χ1) is 12.5. The van der Waals surface area contributed by atoms with E-state index in [0.717, 1.165) is 32.9 Å². The maximum atomic E-state index is 6.98. The van der Waals surface area contributed by atoms with E-state index in [2.05, 4.69) is 86.8 Å². The molecule has 4 heteroatoms. The molecule has 2 aromatic rings. The van der Waals surface area contributed by atoms with Gasteiger partial charge in [0.15, 0.2) is 0 Å². The van der Waals surface area contributed by atoms with Gasteiger partial charge in [-0.25, -0.2) is 0 Å². The van der Waals surface area contributed by atoms with Gasteiger partial charge in [-0.1, -0.05) is 81.4 Å². The number of nitrogens with one attached hydrogen (secondary N) is 1. The Morgan fingerprint density at radius 3 is 2.12 bits per heavy atom. The number of rotatable bonds is 5. The quantitative estimate of drug-likeness (QED) is 0.822. The first-order valence-corrected chi connectivity index (χ1v) is 11.5. The summed E-state index contributed by atoms with van der Waals surface area (Å²) >= 11 is 0. The van der Waals surface area contributed by atoms with Gasteiger partial charge in [-0.3, -0.25) is 0 Å². The highest BCUT2D eigenvalue weighted by Gasteiger charge is 2.50. The van der Waals surface area contributed by atoms with E-state index in [9.17, 15) is 0 Å². The Labute approximate surface area is 158 Å². The molecule has 1 N–H and O–H groups in total. The van der Waals surface area contributed by atoms with E-state index < -0.39 is 8.32 Å².